The number of nitrogens with zero attached hydrogens (tertiary/aromatic N) is 4. The molecular weight excluding hydrogens is 315 g/mol. The van der Waals surface area contributed by atoms with Gasteiger partial charge in [0, 0.05) is 6.20 Å². The first-order valence-electron chi connectivity index (χ1n) is 6.22. The molecule has 0 unspecified atom stereocenters. The van der Waals surface area contributed by atoms with E-state index in [-0.39, 0.29) is 17.5 Å². The number of anilines is 2. The van der Waals surface area contributed by atoms with Gasteiger partial charge in [-0.25, -0.2) is 4.98 Å². The average molecular weight is 323 g/mol. The molecule has 1 N–H and O–H groups in total. The van der Waals surface area contributed by atoms with Gasteiger partial charge in [0.25, 0.3) is 0 Å². The number of nitrogens with one attached hydrogen (secondary N) is 1. The molecule has 0 bridgehead atoms. The Morgan fingerprint density at radius 3 is 2.65 bits per heavy atom. The molecule has 0 aliphatic carbocycles. The van der Waals surface area contributed by atoms with E-state index in [2.05, 4.69) is 30.2 Å². The summed E-state index contributed by atoms with van der Waals surface area (Å²) in [5.41, 5.74) is 0.882. The van der Waals surface area contributed by atoms with Crippen molar-refractivity contribution >= 4 is 11.7 Å². The van der Waals surface area contributed by atoms with Gasteiger partial charge < -0.3 is 14.6 Å². The summed E-state index contributed by atoms with van der Waals surface area (Å²) in [6.45, 7) is 0. The fourth-order valence-corrected chi connectivity index (χ4v) is 1.65. The Hall–Kier alpha value is -3.17. The standard InChI is InChI=1S/C13H8F3N5O2/c14-13(15,16)22-9-3-4-10(18-7-9)11-20-12(23-21-11)19-8-2-1-5-17-6-8/h1-7H,(H,19,20,21). The van der Waals surface area contributed by atoms with Crippen LogP contribution in [0.5, 0.6) is 5.75 Å². The van der Waals surface area contributed by atoms with Crippen molar-refractivity contribution < 1.29 is 22.4 Å². The van der Waals surface area contributed by atoms with E-state index in [1.807, 2.05) is 0 Å². The summed E-state index contributed by atoms with van der Waals surface area (Å²) in [5.74, 6) is -0.312. The Kier molecular flexibility index (Phi) is 3.79. The van der Waals surface area contributed by atoms with Crippen LogP contribution < -0.4 is 10.1 Å². The molecule has 118 valence electrons. The molecule has 0 saturated heterocycles. The quantitative estimate of drug-likeness (QED) is 0.789. The molecule has 3 aromatic heterocycles. The lowest BCUT2D eigenvalue weighted by Gasteiger charge is -2.07. The summed E-state index contributed by atoms with van der Waals surface area (Å²) >= 11 is 0. The van der Waals surface area contributed by atoms with E-state index in [0.717, 1.165) is 12.3 Å². The molecule has 0 atom stereocenters. The molecule has 0 aromatic carbocycles. The second-order valence-corrected chi connectivity index (χ2v) is 4.22. The molecule has 3 heterocycles. The van der Waals surface area contributed by atoms with Crippen LogP contribution in [0.4, 0.5) is 24.9 Å². The van der Waals surface area contributed by atoms with Gasteiger partial charge >= 0.3 is 12.4 Å². The van der Waals surface area contributed by atoms with Gasteiger partial charge in [0.1, 0.15) is 11.4 Å². The Balaban J connectivity index is 1.73. The third kappa shape index (κ3) is 3.93. The predicted octanol–water partition coefficient (Wildman–Crippen LogP) is 3.17. The summed E-state index contributed by atoms with van der Waals surface area (Å²) in [7, 11) is 0. The van der Waals surface area contributed by atoms with Crippen LogP contribution in [0.15, 0.2) is 47.4 Å². The maximum Gasteiger partial charge on any atom is 0.573 e. The van der Waals surface area contributed by atoms with Crippen LogP contribution in [-0.4, -0.2) is 26.5 Å². The third-order valence-electron chi connectivity index (χ3n) is 2.54. The van der Waals surface area contributed by atoms with Gasteiger partial charge in [-0.2, -0.15) is 4.98 Å². The largest absolute Gasteiger partial charge is 0.573 e. The second-order valence-electron chi connectivity index (χ2n) is 4.22. The van der Waals surface area contributed by atoms with Crippen molar-refractivity contribution in [3.63, 3.8) is 0 Å². The molecule has 0 radical (unpaired) electrons. The van der Waals surface area contributed by atoms with Gasteiger partial charge in [-0.05, 0) is 24.3 Å². The highest BCUT2D eigenvalue weighted by Crippen LogP contribution is 2.24. The monoisotopic (exact) mass is 323 g/mol. The lowest BCUT2D eigenvalue weighted by molar-refractivity contribution is -0.274. The Labute approximate surface area is 127 Å². The van der Waals surface area contributed by atoms with Crippen molar-refractivity contribution in [3.05, 3.63) is 42.9 Å². The zero-order valence-electron chi connectivity index (χ0n) is 11.3. The van der Waals surface area contributed by atoms with Crippen LogP contribution in [0, 0.1) is 0 Å². The number of hydrogen-bond donors (Lipinski definition) is 1. The van der Waals surface area contributed by atoms with Crippen LogP contribution >= 0.6 is 0 Å². The molecule has 0 spiro atoms. The van der Waals surface area contributed by atoms with Gasteiger partial charge in [0.15, 0.2) is 0 Å². The van der Waals surface area contributed by atoms with Crippen LogP contribution in [0.25, 0.3) is 11.5 Å². The Bertz CT molecular complexity index is 774. The first kappa shape index (κ1) is 14.8. The molecule has 23 heavy (non-hydrogen) atoms. The Morgan fingerprint density at radius 1 is 1.13 bits per heavy atom. The molecule has 3 aromatic rings. The number of alkyl halides is 3. The molecule has 0 saturated carbocycles. The number of halogens is 3. The van der Waals surface area contributed by atoms with Crippen molar-refractivity contribution in [2.45, 2.75) is 6.36 Å². The second kappa shape index (κ2) is 5.91. The highest BCUT2D eigenvalue weighted by atomic mass is 19.4. The lowest BCUT2D eigenvalue weighted by atomic mass is 10.3. The smallest absolute Gasteiger partial charge is 0.404 e. The average Bonchev–Trinajstić information content (AvgIpc) is 2.96. The minimum absolute atomic E-state index is 0.102. The van der Waals surface area contributed by atoms with Gasteiger partial charge in [-0.15, -0.1) is 13.2 Å². The van der Waals surface area contributed by atoms with Crippen molar-refractivity contribution in [1.29, 1.82) is 0 Å². The predicted molar refractivity (Wildman–Crippen MR) is 71.7 cm³/mol. The van der Waals surface area contributed by atoms with Crippen molar-refractivity contribution in [2.75, 3.05) is 5.32 Å². The van der Waals surface area contributed by atoms with E-state index >= 15 is 0 Å². The molecule has 10 heteroatoms. The van der Waals surface area contributed by atoms with E-state index in [1.54, 1.807) is 24.5 Å². The normalized spacial score (nSPS) is 11.3. The minimum Gasteiger partial charge on any atom is -0.404 e. The first-order chi connectivity index (χ1) is 11.0. The van der Waals surface area contributed by atoms with Crippen LogP contribution in [-0.2, 0) is 0 Å². The molecule has 0 aliphatic rings. The van der Waals surface area contributed by atoms with Crippen molar-refractivity contribution in [1.82, 2.24) is 20.1 Å². The highest BCUT2D eigenvalue weighted by molar-refractivity contribution is 5.54. The van der Waals surface area contributed by atoms with Crippen LogP contribution in [0.1, 0.15) is 0 Å². The molecule has 0 fully saturated rings. The van der Waals surface area contributed by atoms with Gasteiger partial charge in [0.05, 0.1) is 18.1 Å². The highest BCUT2D eigenvalue weighted by Gasteiger charge is 2.31. The molecule has 3 rings (SSSR count). The first-order valence-corrected chi connectivity index (χ1v) is 6.22. The fourth-order valence-electron chi connectivity index (χ4n) is 1.65. The summed E-state index contributed by atoms with van der Waals surface area (Å²) in [4.78, 5) is 11.8. The fraction of sp³-hybridized carbons (Fsp3) is 0.0769. The SMILES string of the molecule is FC(F)(F)Oc1ccc(-c2noc(Nc3cccnc3)n2)nc1. The molecular formula is C13H8F3N5O2. The van der Waals surface area contributed by atoms with Gasteiger partial charge in [-0.3, -0.25) is 4.98 Å². The number of aromatic nitrogens is 4. The zero-order valence-corrected chi connectivity index (χ0v) is 11.3. The topological polar surface area (TPSA) is 86.0 Å². The van der Waals surface area contributed by atoms with Gasteiger partial charge in [0.2, 0.25) is 5.82 Å². The zero-order chi connectivity index (χ0) is 16.3. The van der Waals surface area contributed by atoms with Gasteiger partial charge in [-0.1, -0.05) is 5.16 Å². The number of hydrogen-bond acceptors (Lipinski definition) is 7. The maximum absolute atomic E-state index is 12.1. The van der Waals surface area contributed by atoms with E-state index in [9.17, 15) is 13.2 Å². The number of pyridine rings is 2. The number of ether oxygens (including phenoxy) is 1. The molecule has 0 aliphatic heterocycles. The van der Waals surface area contributed by atoms with E-state index < -0.39 is 12.1 Å². The summed E-state index contributed by atoms with van der Waals surface area (Å²) < 4.78 is 44.9. The summed E-state index contributed by atoms with van der Waals surface area (Å²) in [6.07, 6.45) is -0.673. The lowest BCUT2D eigenvalue weighted by Crippen LogP contribution is -2.17. The van der Waals surface area contributed by atoms with Crippen LogP contribution in [0.3, 0.4) is 0 Å². The van der Waals surface area contributed by atoms with E-state index in [0.29, 0.717) is 5.69 Å². The van der Waals surface area contributed by atoms with Crippen LogP contribution in [0.2, 0.25) is 0 Å². The maximum atomic E-state index is 12.1. The molecule has 7 nitrogen and oxygen atoms in total. The van der Waals surface area contributed by atoms with Crippen molar-refractivity contribution in [2.24, 2.45) is 0 Å². The summed E-state index contributed by atoms with van der Waals surface area (Å²) in [5, 5.41) is 6.52. The number of rotatable bonds is 4. The Morgan fingerprint density at radius 2 is 2.00 bits per heavy atom. The van der Waals surface area contributed by atoms with E-state index in [1.165, 1.54) is 6.07 Å². The molecule has 0 amide bonds. The van der Waals surface area contributed by atoms with Crippen molar-refractivity contribution in [3.8, 4) is 17.3 Å². The van der Waals surface area contributed by atoms with E-state index in [4.69, 9.17) is 4.52 Å². The summed E-state index contributed by atoms with van der Waals surface area (Å²) in [6, 6.07) is 5.98. The minimum atomic E-state index is -4.77. The third-order valence-corrected chi connectivity index (χ3v) is 2.54.